The molecule has 0 aliphatic carbocycles. The fraction of sp³-hybridized carbons (Fsp3) is 0.571. The Balaban J connectivity index is 3.23. The monoisotopic (exact) mass is 155 g/mol. The predicted molar refractivity (Wildman–Crippen MR) is 44.5 cm³/mol. The van der Waals surface area contributed by atoms with Gasteiger partial charge in [-0.1, -0.05) is 6.92 Å². The molecule has 62 valence electrons. The van der Waals surface area contributed by atoms with Gasteiger partial charge in [0.15, 0.2) is 0 Å². The number of aryl methyl sites for hydroxylation is 2. The Kier molecular flexibility index (Phi) is 2.03. The van der Waals surface area contributed by atoms with Gasteiger partial charge in [-0.3, -0.25) is 14.6 Å². The summed E-state index contributed by atoms with van der Waals surface area (Å²) < 4.78 is 1.51. The van der Waals surface area contributed by atoms with Crippen molar-refractivity contribution in [1.82, 2.24) is 9.78 Å². The van der Waals surface area contributed by atoms with Crippen LogP contribution in [-0.2, 0) is 13.0 Å². The fourth-order valence-corrected chi connectivity index (χ4v) is 1.04. The topological polar surface area (TPSA) is 63.8 Å². The average Bonchev–Trinajstić information content (AvgIpc) is 2.30. The van der Waals surface area contributed by atoms with Crippen LogP contribution >= 0.6 is 0 Å². The van der Waals surface area contributed by atoms with Crippen LogP contribution in [0.4, 0.5) is 5.69 Å². The molecule has 0 fully saturated rings. The maximum atomic E-state index is 11.2. The van der Waals surface area contributed by atoms with Gasteiger partial charge >= 0.3 is 0 Å². The number of aromatic nitrogens is 2. The fourth-order valence-electron chi connectivity index (χ4n) is 1.04. The molecular formula is C7H13N3O. The summed E-state index contributed by atoms with van der Waals surface area (Å²) in [5.74, 6) is 0. The Labute approximate surface area is 65.0 Å². The summed E-state index contributed by atoms with van der Waals surface area (Å²) in [6.45, 7) is 4.50. The number of H-pyrrole nitrogens is 1. The summed E-state index contributed by atoms with van der Waals surface area (Å²) in [6, 6.07) is 0. The molecule has 0 saturated carbocycles. The van der Waals surface area contributed by atoms with Crippen LogP contribution in [0.5, 0.6) is 0 Å². The molecule has 0 aromatic carbocycles. The van der Waals surface area contributed by atoms with Crippen LogP contribution in [0.15, 0.2) is 4.79 Å². The smallest absolute Gasteiger partial charge is 0.289 e. The molecule has 4 heteroatoms. The van der Waals surface area contributed by atoms with E-state index >= 15 is 0 Å². The highest BCUT2D eigenvalue weighted by atomic mass is 16.1. The van der Waals surface area contributed by atoms with Crippen molar-refractivity contribution in [3.63, 3.8) is 0 Å². The third kappa shape index (κ3) is 1.15. The number of nitrogens with one attached hydrogen (secondary N) is 1. The molecule has 0 radical (unpaired) electrons. The summed E-state index contributed by atoms with van der Waals surface area (Å²) in [4.78, 5) is 11.2. The normalized spacial score (nSPS) is 10.4. The Morgan fingerprint density at radius 3 is 2.45 bits per heavy atom. The van der Waals surface area contributed by atoms with Crippen LogP contribution in [-0.4, -0.2) is 9.78 Å². The highest BCUT2D eigenvalue weighted by molar-refractivity contribution is 5.40. The number of hydrogen-bond donors (Lipinski definition) is 2. The highest BCUT2D eigenvalue weighted by Gasteiger charge is 2.06. The Bertz CT molecular complexity index is 297. The van der Waals surface area contributed by atoms with Gasteiger partial charge in [0.2, 0.25) is 0 Å². The van der Waals surface area contributed by atoms with Crippen LogP contribution in [0.3, 0.4) is 0 Å². The van der Waals surface area contributed by atoms with Crippen LogP contribution < -0.4 is 11.3 Å². The third-order valence-electron chi connectivity index (χ3n) is 1.74. The maximum absolute atomic E-state index is 11.2. The lowest BCUT2D eigenvalue weighted by atomic mass is 10.3. The molecule has 0 spiro atoms. The van der Waals surface area contributed by atoms with Crippen molar-refractivity contribution >= 4 is 5.69 Å². The summed E-state index contributed by atoms with van der Waals surface area (Å²) >= 11 is 0. The summed E-state index contributed by atoms with van der Waals surface area (Å²) in [5, 5.41) is 2.93. The van der Waals surface area contributed by atoms with Gasteiger partial charge in [-0.15, -0.1) is 0 Å². The molecule has 1 heterocycles. The summed E-state index contributed by atoms with van der Waals surface area (Å²) in [6.07, 6.45) is 0.772. The molecule has 1 rings (SSSR count). The van der Waals surface area contributed by atoms with E-state index < -0.39 is 0 Å². The van der Waals surface area contributed by atoms with Crippen molar-refractivity contribution in [2.24, 2.45) is 0 Å². The Morgan fingerprint density at radius 1 is 1.55 bits per heavy atom. The highest BCUT2D eigenvalue weighted by Crippen LogP contribution is 2.02. The van der Waals surface area contributed by atoms with Crippen LogP contribution in [0.25, 0.3) is 0 Å². The molecule has 0 saturated heterocycles. The minimum Gasteiger partial charge on any atom is -0.393 e. The van der Waals surface area contributed by atoms with Crippen molar-refractivity contribution < 1.29 is 0 Å². The molecule has 0 aliphatic heterocycles. The van der Waals surface area contributed by atoms with Crippen LogP contribution in [0.1, 0.15) is 19.5 Å². The predicted octanol–water partition coefficient (Wildman–Crippen LogP) is 0.341. The zero-order chi connectivity index (χ0) is 8.43. The molecule has 3 N–H and O–H groups in total. The number of rotatable bonds is 2. The first-order valence-corrected chi connectivity index (χ1v) is 3.77. The summed E-state index contributed by atoms with van der Waals surface area (Å²) in [5.41, 5.74) is 6.60. The standard InChI is InChI=1S/C7H13N3O/c1-3-5-6(8)7(11)10(4-2)9-5/h9H,3-4,8H2,1-2H3. The van der Waals surface area contributed by atoms with Gasteiger partial charge in [-0.25, -0.2) is 0 Å². The number of nitrogens with zero attached hydrogens (tertiary/aromatic N) is 1. The lowest BCUT2D eigenvalue weighted by Crippen LogP contribution is -2.17. The van der Waals surface area contributed by atoms with Gasteiger partial charge in [0.1, 0.15) is 5.69 Å². The van der Waals surface area contributed by atoms with Crippen molar-refractivity contribution in [2.75, 3.05) is 5.73 Å². The van der Waals surface area contributed by atoms with E-state index in [1.54, 1.807) is 0 Å². The van der Waals surface area contributed by atoms with E-state index in [0.29, 0.717) is 12.2 Å². The molecule has 1 aromatic rings. The zero-order valence-corrected chi connectivity index (χ0v) is 6.85. The van der Waals surface area contributed by atoms with Gasteiger partial charge in [0.25, 0.3) is 5.56 Å². The van der Waals surface area contributed by atoms with Crippen LogP contribution in [0.2, 0.25) is 0 Å². The van der Waals surface area contributed by atoms with E-state index in [-0.39, 0.29) is 5.56 Å². The van der Waals surface area contributed by atoms with Gasteiger partial charge < -0.3 is 5.73 Å². The van der Waals surface area contributed by atoms with Gasteiger partial charge in [0.05, 0.1) is 5.69 Å². The average molecular weight is 155 g/mol. The lowest BCUT2D eigenvalue weighted by molar-refractivity contribution is 0.629. The molecule has 0 unspecified atom stereocenters. The Hall–Kier alpha value is -1.19. The molecule has 0 bridgehead atoms. The van der Waals surface area contributed by atoms with E-state index in [1.165, 1.54) is 4.68 Å². The number of anilines is 1. The van der Waals surface area contributed by atoms with Crippen molar-refractivity contribution in [2.45, 2.75) is 26.8 Å². The first-order chi connectivity index (χ1) is 5.20. The maximum Gasteiger partial charge on any atom is 0.289 e. The SMILES string of the molecule is CCc1[nH]n(CC)c(=O)c1N. The number of aromatic amines is 1. The molecular weight excluding hydrogens is 142 g/mol. The molecule has 0 amide bonds. The largest absolute Gasteiger partial charge is 0.393 e. The lowest BCUT2D eigenvalue weighted by Gasteiger charge is -1.92. The second-order valence-electron chi connectivity index (χ2n) is 2.41. The van der Waals surface area contributed by atoms with Gasteiger partial charge in [-0.2, -0.15) is 0 Å². The van der Waals surface area contributed by atoms with Crippen molar-refractivity contribution in [3.8, 4) is 0 Å². The first-order valence-electron chi connectivity index (χ1n) is 3.77. The number of nitrogen functional groups attached to an aromatic ring is 1. The third-order valence-corrected chi connectivity index (χ3v) is 1.74. The van der Waals surface area contributed by atoms with E-state index in [4.69, 9.17) is 5.73 Å². The summed E-state index contributed by atoms with van der Waals surface area (Å²) in [7, 11) is 0. The van der Waals surface area contributed by atoms with E-state index in [1.807, 2.05) is 13.8 Å². The minimum atomic E-state index is -0.107. The molecule has 4 nitrogen and oxygen atoms in total. The van der Waals surface area contributed by atoms with Gasteiger partial charge in [-0.05, 0) is 13.3 Å². The first kappa shape index (κ1) is 7.91. The van der Waals surface area contributed by atoms with E-state index in [2.05, 4.69) is 5.10 Å². The van der Waals surface area contributed by atoms with Gasteiger partial charge in [0, 0.05) is 6.54 Å². The Morgan fingerprint density at radius 2 is 2.18 bits per heavy atom. The number of hydrogen-bond acceptors (Lipinski definition) is 2. The second kappa shape index (κ2) is 2.82. The molecule has 0 aliphatic rings. The van der Waals surface area contributed by atoms with Crippen molar-refractivity contribution in [3.05, 3.63) is 16.0 Å². The van der Waals surface area contributed by atoms with E-state index in [0.717, 1.165) is 12.1 Å². The quantitative estimate of drug-likeness (QED) is 0.647. The molecule has 11 heavy (non-hydrogen) atoms. The second-order valence-corrected chi connectivity index (χ2v) is 2.41. The molecule has 0 atom stereocenters. The van der Waals surface area contributed by atoms with E-state index in [9.17, 15) is 4.79 Å². The number of nitrogens with two attached hydrogens (primary N) is 1. The minimum absolute atomic E-state index is 0.107. The van der Waals surface area contributed by atoms with Crippen molar-refractivity contribution in [1.29, 1.82) is 0 Å². The molecule has 1 aromatic heterocycles. The van der Waals surface area contributed by atoms with Crippen LogP contribution in [0, 0.1) is 0 Å². The zero-order valence-electron chi connectivity index (χ0n) is 6.85.